The second-order valence-corrected chi connectivity index (χ2v) is 5.46. The zero-order valence-corrected chi connectivity index (χ0v) is 12.0. The first-order valence-corrected chi connectivity index (χ1v) is 7.14. The molecule has 2 rings (SSSR count). The molecular weight excluding hydrogens is 246 g/mol. The number of ether oxygens (including phenoxy) is 1. The summed E-state index contributed by atoms with van der Waals surface area (Å²) in [7, 11) is 3.79. The lowest BCUT2D eigenvalue weighted by Gasteiger charge is -2.26. The summed E-state index contributed by atoms with van der Waals surface area (Å²) in [5.41, 5.74) is 1.26. The van der Waals surface area contributed by atoms with E-state index in [2.05, 4.69) is 18.4 Å². The van der Waals surface area contributed by atoms with Crippen molar-refractivity contribution in [1.29, 1.82) is 0 Å². The van der Waals surface area contributed by atoms with Gasteiger partial charge in [-0.2, -0.15) is 0 Å². The van der Waals surface area contributed by atoms with Crippen molar-refractivity contribution in [3.63, 3.8) is 0 Å². The van der Waals surface area contributed by atoms with Crippen molar-refractivity contribution in [3.8, 4) is 5.75 Å². The molecule has 1 aliphatic carbocycles. The van der Waals surface area contributed by atoms with E-state index in [0.29, 0.717) is 12.0 Å². The molecule has 0 aliphatic heterocycles. The topological polar surface area (TPSA) is 21.3 Å². The first-order chi connectivity index (χ1) is 8.76. The van der Waals surface area contributed by atoms with Gasteiger partial charge in [0.15, 0.2) is 0 Å². The van der Waals surface area contributed by atoms with Gasteiger partial charge in [0.1, 0.15) is 5.75 Å². The van der Waals surface area contributed by atoms with Crippen LogP contribution in [0.1, 0.15) is 43.6 Å². The number of halogens is 1. The van der Waals surface area contributed by atoms with E-state index >= 15 is 0 Å². The van der Waals surface area contributed by atoms with Crippen LogP contribution in [0, 0.1) is 0 Å². The lowest BCUT2D eigenvalue weighted by Crippen LogP contribution is -2.31. The summed E-state index contributed by atoms with van der Waals surface area (Å²) in [6, 6.07) is 6.48. The molecule has 1 fully saturated rings. The van der Waals surface area contributed by atoms with Crippen LogP contribution >= 0.6 is 11.6 Å². The number of methoxy groups -OCH3 is 1. The minimum absolute atomic E-state index is 0.506. The van der Waals surface area contributed by atoms with Crippen LogP contribution in [0.2, 0.25) is 5.02 Å². The Morgan fingerprint density at radius 3 is 2.72 bits per heavy atom. The Balaban J connectivity index is 2.34. The Morgan fingerprint density at radius 2 is 2.00 bits per heavy atom. The Hall–Kier alpha value is -0.730. The average molecular weight is 268 g/mol. The SMILES string of the molecule is CNC1CCCCCC1c1cc(Cl)ccc1OC. The van der Waals surface area contributed by atoms with Gasteiger partial charge in [0.05, 0.1) is 7.11 Å². The molecule has 18 heavy (non-hydrogen) atoms. The molecule has 1 saturated carbocycles. The second kappa shape index (κ2) is 6.44. The van der Waals surface area contributed by atoms with E-state index in [0.717, 1.165) is 10.8 Å². The predicted molar refractivity (Wildman–Crippen MR) is 76.7 cm³/mol. The largest absolute Gasteiger partial charge is 0.496 e. The van der Waals surface area contributed by atoms with E-state index in [4.69, 9.17) is 16.3 Å². The van der Waals surface area contributed by atoms with Crippen molar-refractivity contribution in [2.75, 3.05) is 14.2 Å². The molecule has 2 nitrogen and oxygen atoms in total. The summed E-state index contributed by atoms with van der Waals surface area (Å²) in [5, 5.41) is 4.26. The fraction of sp³-hybridized carbons (Fsp3) is 0.600. The molecule has 0 aromatic heterocycles. The van der Waals surface area contributed by atoms with Gasteiger partial charge in [-0.3, -0.25) is 0 Å². The number of benzene rings is 1. The van der Waals surface area contributed by atoms with Crippen molar-refractivity contribution in [2.45, 2.75) is 44.1 Å². The van der Waals surface area contributed by atoms with Crippen molar-refractivity contribution in [2.24, 2.45) is 0 Å². The molecule has 2 unspecified atom stereocenters. The maximum Gasteiger partial charge on any atom is 0.122 e. The van der Waals surface area contributed by atoms with Gasteiger partial charge in [0, 0.05) is 22.5 Å². The Kier molecular flexibility index (Phi) is 4.90. The van der Waals surface area contributed by atoms with Gasteiger partial charge >= 0.3 is 0 Å². The van der Waals surface area contributed by atoms with Crippen LogP contribution in [0.5, 0.6) is 5.75 Å². The molecule has 2 atom stereocenters. The summed E-state index contributed by atoms with van der Waals surface area (Å²) in [6.45, 7) is 0. The lowest BCUT2D eigenvalue weighted by molar-refractivity contribution is 0.385. The average Bonchev–Trinajstić information content (AvgIpc) is 2.63. The molecule has 3 heteroatoms. The van der Waals surface area contributed by atoms with Crippen molar-refractivity contribution >= 4 is 11.6 Å². The van der Waals surface area contributed by atoms with Crippen LogP contribution in [0.3, 0.4) is 0 Å². The molecule has 0 bridgehead atoms. The third-order valence-corrected chi connectivity index (χ3v) is 4.21. The van der Waals surface area contributed by atoms with Gasteiger partial charge in [0.2, 0.25) is 0 Å². The Bertz CT molecular complexity index is 394. The summed E-state index contributed by atoms with van der Waals surface area (Å²) in [6.07, 6.45) is 6.38. The molecule has 1 aromatic carbocycles. The summed E-state index contributed by atoms with van der Waals surface area (Å²) in [5.74, 6) is 1.47. The molecule has 0 saturated heterocycles. The molecule has 1 N–H and O–H groups in total. The van der Waals surface area contributed by atoms with E-state index in [-0.39, 0.29) is 0 Å². The normalized spacial score (nSPS) is 24.6. The smallest absolute Gasteiger partial charge is 0.122 e. The van der Waals surface area contributed by atoms with E-state index in [1.165, 1.54) is 37.7 Å². The quantitative estimate of drug-likeness (QED) is 0.837. The van der Waals surface area contributed by atoms with Crippen LogP contribution in [0.25, 0.3) is 0 Å². The zero-order chi connectivity index (χ0) is 13.0. The summed E-state index contributed by atoms with van der Waals surface area (Å²) >= 11 is 6.15. The molecule has 0 amide bonds. The first kappa shape index (κ1) is 13.7. The van der Waals surface area contributed by atoms with E-state index in [1.54, 1.807) is 7.11 Å². The van der Waals surface area contributed by atoms with Crippen molar-refractivity contribution < 1.29 is 4.74 Å². The van der Waals surface area contributed by atoms with Crippen molar-refractivity contribution in [1.82, 2.24) is 5.32 Å². The fourth-order valence-electron chi connectivity index (χ4n) is 3.02. The van der Waals surface area contributed by atoms with E-state index < -0.39 is 0 Å². The van der Waals surface area contributed by atoms with Gasteiger partial charge in [-0.15, -0.1) is 0 Å². The van der Waals surface area contributed by atoms with Crippen LogP contribution < -0.4 is 10.1 Å². The molecule has 0 heterocycles. The molecule has 1 aliphatic rings. The molecule has 1 aromatic rings. The highest BCUT2D eigenvalue weighted by atomic mass is 35.5. The van der Waals surface area contributed by atoms with Gasteiger partial charge in [-0.1, -0.05) is 30.9 Å². The number of nitrogens with one attached hydrogen (secondary N) is 1. The highest BCUT2D eigenvalue weighted by molar-refractivity contribution is 6.30. The van der Waals surface area contributed by atoms with Gasteiger partial charge in [0.25, 0.3) is 0 Å². The lowest BCUT2D eigenvalue weighted by atomic mass is 9.87. The second-order valence-electron chi connectivity index (χ2n) is 5.03. The van der Waals surface area contributed by atoms with Crippen molar-refractivity contribution in [3.05, 3.63) is 28.8 Å². The van der Waals surface area contributed by atoms with Crippen LogP contribution in [-0.2, 0) is 0 Å². The number of hydrogen-bond donors (Lipinski definition) is 1. The first-order valence-electron chi connectivity index (χ1n) is 6.77. The van der Waals surface area contributed by atoms with E-state index in [9.17, 15) is 0 Å². The van der Waals surface area contributed by atoms with Crippen LogP contribution in [0.4, 0.5) is 0 Å². The maximum atomic E-state index is 6.15. The minimum Gasteiger partial charge on any atom is -0.496 e. The van der Waals surface area contributed by atoms with Gasteiger partial charge < -0.3 is 10.1 Å². The van der Waals surface area contributed by atoms with Gasteiger partial charge in [-0.25, -0.2) is 0 Å². The summed E-state index contributed by atoms with van der Waals surface area (Å²) in [4.78, 5) is 0. The molecule has 0 radical (unpaired) electrons. The molecule has 100 valence electrons. The Labute approximate surface area is 115 Å². The molecule has 0 spiro atoms. The van der Waals surface area contributed by atoms with Crippen LogP contribution in [-0.4, -0.2) is 20.2 Å². The van der Waals surface area contributed by atoms with Gasteiger partial charge in [-0.05, 0) is 38.1 Å². The Morgan fingerprint density at radius 1 is 1.22 bits per heavy atom. The zero-order valence-electron chi connectivity index (χ0n) is 11.2. The number of hydrogen-bond acceptors (Lipinski definition) is 2. The molecular formula is C15H22ClNO. The minimum atomic E-state index is 0.506. The third kappa shape index (κ3) is 2.99. The summed E-state index contributed by atoms with van der Waals surface area (Å²) < 4.78 is 5.50. The monoisotopic (exact) mass is 267 g/mol. The van der Waals surface area contributed by atoms with E-state index in [1.807, 2.05) is 12.1 Å². The fourth-order valence-corrected chi connectivity index (χ4v) is 3.20. The number of rotatable bonds is 3. The third-order valence-electron chi connectivity index (χ3n) is 3.98. The predicted octanol–water partition coefficient (Wildman–Crippen LogP) is 3.98. The highest BCUT2D eigenvalue weighted by Gasteiger charge is 2.26. The van der Waals surface area contributed by atoms with Crippen LogP contribution in [0.15, 0.2) is 18.2 Å². The maximum absolute atomic E-state index is 6.15. The number of likely N-dealkylation sites (N-methyl/N-ethyl adjacent to an activating group) is 1. The highest BCUT2D eigenvalue weighted by Crippen LogP contribution is 2.38. The standard InChI is InChI=1S/C15H22ClNO/c1-17-14-7-5-3-4-6-12(14)13-10-11(16)8-9-15(13)18-2/h8-10,12,14,17H,3-7H2,1-2H3.